The molecule has 0 aromatic carbocycles. The molecular weight excluding hydrogens is 484 g/mol. The maximum absolute atomic E-state index is 14.0. The van der Waals surface area contributed by atoms with Gasteiger partial charge in [0.1, 0.15) is 6.04 Å². The second-order valence-electron chi connectivity index (χ2n) is 11.0. The molecule has 0 aromatic heterocycles. The minimum atomic E-state index is -0.609. The Balaban J connectivity index is 1.86. The van der Waals surface area contributed by atoms with Crippen molar-refractivity contribution < 1.29 is 19.1 Å². The first-order valence-electron chi connectivity index (χ1n) is 14.8. The smallest absolute Gasteiger partial charge is 0.413 e. The molecular formula is C28H50N6O4. The van der Waals surface area contributed by atoms with Gasteiger partial charge < -0.3 is 19.7 Å². The highest BCUT2D eigenvalue weighted by Crippen LogP contribution is 2.30. The minimum Gasteiger partial charge on any atom is -0.450 e. The Bertz CT molecular complexity index is 792. The fourth-order valence-electron chi connectivity index (χ4n) is 6.18. The Morgan fingerprint density at radius 2 is 1.82 bits per heavy atom. The highest BCUT2D eigenvalue weighted by atomic mass is 16.5. The lowest BCUT2D eigenvalue weighted by molar-refractivity contribution is -0.124. The summed E-state index contributed by atoms with van der Waals surface area (Å²) in [5.41, 5.74) is -0.449. The van der Waals surface area contributed by atoms with Gasteiger partial charge in [-0.1, -0.05) is 46.0 Å². The first kappa shape index (κ1) is 30.3. The Labute approximate surface area is 229 Å². The summed E-state index contributed by atoms with van der Waals surface area (Å²) in [7, 11) is 0. The van der Waals surface area contributed by atoms with E-state index in [-0.39, 0.29) is 12.5 Å². The van der Waals surface area contributed by atoms with E-state index < -0.39 is 17.7 Å². The molecule has 1 aliphatic carbocycles. The number of amides is 2. The average molecular weight is 535 g/mol. The Morgan fingerprint density at radius 3 is 2.45 bits per heavy atom. The molecule has 10 nitrogen and oxygen atoms in total. The van der Waals surface area contributed by atoms with Gasteiger partial charge in [0.15, 0.2) is 0 Å². The molecule has 2 saturated heterocycles. The maximum Gasteiger partial charge on any atom is 0.413 e. The number of guanidine groups is 1. The van der Waals surface area contributed by atoms with Crippen LogP contribution in [0.4, 0.5) is 4.79 Å². The van der Waals surface area contributed by atoms with Crippen molar-refractivity contribution in [3.63, 3.8) is 0 Å². The zero-order chi connectivity index (χ0) is 27.4. The summed E-state index contributed by atoms with van der Waals surface area (Å²) in [5.74, 6) is 0.737. The van der Waals surface area contributed by atoms with Gasteiger partial charge in [0.2, 0.25) is 11.9 Å². The molecule has 216 valence electrons. The van der Waals surface area contributed by atoms with Crippen molar-refractivity contribution in [3.05, 3.63) is 0 Å². The molecule has 2 amide bonds. The predicted molar refractivity (Wildman–Crippen MR) is 151 cm³/mol. The number of nitrogens with zero attached hydrogens (tertiary/aromatic N) is 4. The van der Waals surface area contributed by atoms with Crippen LogP contribution in [0.5, 0.6) is 0 Å². The van der Waals surface area contributed by atoms with Gasteiger partial charge in [-0.2, -0.15) is 0 Å². The van der Waals surface area contributed by atoms with E-state index in [9.17, 15) is 9.59 Å². The van der Waals surface area contributed by atoms with E-state index in [0.717, 1.165) is 45.2 Å². The van der Waals surface area contributed by atoms with Crippen molar-refractivity contribution in [1.29, 1.82) is 0 Å². The first-order chi connectivity index (χ1) is 18.4. The maximum atomic E-state index is 14.0. The SMILES string of the molecule is C=NCC1(NC(=O)[C@H](CC2CCCCC2)N=C(NC(=O)OCC)N2CCOCC2)CCN(C(CC)CC)C1. The third-order valence-corrected chi connectivity index (χ3v) is 8.31. The highest BCUT2D eigenvalue weighted by Gasteiger charge is 2.42. The van der Waals surface area contributed by atoms with Crippen LogP contribution in [-0.2, 0) is 14.3 Å². The Morgan fingerprint density at radius 1 is 1.11 bits per heavy atom. The number of rotatable bonds is 11. The number of morpholine rings is 1. The number of likely N-dealkylation sites (tertiary alicyclic amines) is 1. The molecule has 2 N–H and O–H groups in total. The van der Waals surface area contributed by atoms with Crippen LogP contribution in [0.3, 0.4) is 0 Å². The summed E-state index contributed by atoms with van der Waals surface area (Å²) in [5, 5.41) is 6.21. The van der Waals surface area contributed by atoms with Crippen molar-refractivity contribution in [2.45, 2.75) is 96.2 Å². The van der Waals surface area contributed by atoms with E-state index in [2.05, 4.69) is 41.1 Å². The lowest BCUT2D eigenvalue weighted by atomic mass is 9.84. The third-order valence-electron chi connectivity index (χ3n) is 8.31. The summed E-state index contributed by atoms with van der Waals surface area (Å²) in [4.78, 5) is 40.1. The molecule has 0 radical (unpaired) electrons. The van der Waals surface area contributed by atoms with Crippen LogP contribution >= 0.6 is 0 Å². The second kappa shape index (κ2) is 15.4. The van der Waals surface area contributed by atoms with Crippen molar-refractivity contribution in [1.82, 2.24) is 20.4 Å². The molecule has 1 saturated carbocycles. The number of carbonyl (C=O) groups excluding carboxylic acids is 2. The number of hydrogen-bond acceptors (Lipinski definition) is 7. The molecule has 38 heavy (non-hydrogen) atoms. The Hall–Kier alpha value is -2.20. The molecule has 0 bridgehead atoms. The molecule has 3 fully saturated rings. The molecule has 1 unspecified atom stereocenters. The van der Waals surface area contributed by atoms with Crippen LogP contribution in [0.25, 0.3) is 0 Å². The van der Waals surface area contributed by atoms with Gasteiger partial charge in [-0.15, -0.1) is 0 Å². The fraction of sp³-hybridized carbons (Fsp3) is 0.857. The van der Waals surface area contributed by atoms with E-state index in [1.807, 2.05) is 4.90 Å². The van der Waals surface area contributed by atoms with Gasteiger partial charge in [0, 0.05) is 32.2 Å². The van der Waals surface area contributed by atoms with Gasteiger partial charge in [-0.05, 0) is 45.2 Å². The number of ether oxygens (including phenoxy) is 2. The summed E-state index contributed by atoms with van der Waals surface area (Å²) in [6.45, 7) is 14.7. The van der Waals surface area contributed by atoms with Crippen LogP contribution in [0.2, 0.25) is 0 Å². The quantitative estimate of drug-likeness (QED) is 0.311. The molecule has 2 heterocycles. The molecule has 10 heteroatoms. The third kappa shape index (κ3) is 8.66. The van der Waals surface area contributed by atoms with Gasteiger partial charge in [0.25, 0.3) is 0 Å². The van der Waals surface area contributed by atoms with Crippen LogP contribution in [-0.4, -0.2) is 105 Å². The zero-order valence-corrected chi connectivity index (χ0v) is 23.9. The summed E-state index contributed by atoms with van der Waals surface area (Å²) in [6.07, 6.45) is 8.96. The van der Waals surface area contributed by atoms with Crippen molar-refractivity contribution in [3.8, 4) is 0 Å². The topological polar surface area (TPSA) is 108 Å². The monoisotopic (exact) mass is 534 g/mol. The standard InChI is InChI=1S/C28H50N6O4/c1-5-23(6-2)34-14-13-28(21-34,20-29-4)32-25(35)24(19-22-11-9-8-10-12-22)30-26(31-27(36)38-7-3)33-15-17-37-18-16-33/h22-24H,4-21H2,1-3H3,(H,32,35)(H,30,31,36)/t24-,28?/m0/s1. The number of nitrogens with one attached hydrogen (secondary N) is 2. The normalized spacial score (nSPS) is 24.3. The molecule has 0 spiro atoms. The number of aliphatic imine (C=N–C) groups is 2. The number of alkyl carbamates (subject to hydrolysis) is 1. The van der Waals surface area contributed by atoms with E-state index in [1.165, 1.54) is 19.3 Å². The van der Waals surface area contributed by atoms with Crippen LogP contribution < -0.4 is 10.6 Å². The minimum absolute atomic E-state index is 0.0953. The highest BCUT2D eigenvalue weighted by molar-refractivity contribution is 5.96. The number of hydrogen-bond donors (Lipinski definition) is 2. The first-order valence-corrected chi connectivity index (χ1v) is 14.8. The van der Waals surface area contributed by atoms with Crippen LogP contribution in [0, 0.1) is 5.92 Å². The van der Waals surface area contributed by atoms with Crippen LogP contribution in [0.15, 0.2) is 9.98 Å². The van der Waals surface area contributed by atoms with Gasteiger partial charge in [-0.3, -0.25) is 20.0 Å². The van der Waals surface area contributed by atoms with Crippen molar-refractivity contribution in [2.75, 3.05) is 52.5 Å². The predicted octanol–water partition coefficient (Wildman–Crippen LogP) is 3.21. The molecule has 2 aliphatic heterocycles. The van der Waals surface area contributed by atoms with Crippen LogP contribution in [0.1, 0.15) is 78.6 Å². The molecule has 3 aliphatic rings. The van der Waals surface area contributed by atoms with Gasteiger partial charge in [0.05, 0.1) is 31.9 Å². The molecule has 3 rings (SSSR count). The lowest BCUT2D eigenvalue weighted by Gasteiger charge is -2.34. The second-order valence-corrected chi connectivity index (χ2v) is 11.0. The summed E-state index contributed by atoms with van der Waals surface area (Å²) in [6, 6.07) is -0.113. The van der Waals surface area contributed by atoms with Crippen molar-refractivity contribution >= 4 is 24.7 Å². The van der Waals surface area contributed by atoms with E-state index in [1.54, 1.807) is 6.92 Å². The summed E-state index contributed by atoms with van der Waals surface area (Å²) < 4.78 is 10.7. The van der Waals surface area contributed by atoms with E-state index >= 15 is 0 Å². The fourth-order valence-corrected chi connectivity index (χ4v) is 6.18. The average Bonchev–Trinajstić information content (AvgIpc) is 3.33. The largest absolute Gasteiger partial charge is 0.450 e. The number of carbonyl (C=O) groups is 2. The van der Waals surface area contributed by atoms with E-state index in [0.29, 0.717) is 57.2 Å². The van der Waals surface area contributed by atoms with Crippen molar-refractivity contribution in [2.24, 2.45) is 15.9 Å². The molecule has 2 atom stereocenters. The Kier molecular flexibility index (Phi) is 12.3. The van der Waals surface area contributed by atoms with Gasteiger partial charge >= 0.3 is 6.09 Å². The lowest BCUT2D eigenvalue weighted by Crippen LogP contribution is -2.56. The zero-order valence-electron chi connectivity index (χ0n) is 23.9. The van der Waals surface area contributed by atoms with E-state index in [4.69, 9.17) is 14.5 Å². The van der Waals surface area contributed by atoms with Gasteiger partial charge in [-0.25, -0.2) is 9.79 Å². The summed E-state index contributed by atoms with van der Waals surface area (Å²) >= 11 is 0. The molecule has 0 aromatic rings.